The maximum atomic E-state index is 4.30. The van der Waals surface area contributed by atoms with Crippen LogP contribution in [-0.2, 0) is 14.1 Å². The Bertz CT molecular complexity index is 603. The third-order valence-corrected chi connectivity index (χ3v) is 3.47. The van der Waals surface area contributed by atoms with Gasteiger partial charge < -0.3 is 53.6 Å². The van der Waals surface area contributed by atoms with Gasteiger partial charge in [-0.05, 0) is 24.3 Å². The molecule has 2 rings (SSSR count). The van der Waals surface area contributed by atoms with Gasteiger partial charge in [0.25, 0.3) is 0 Å². The van der Waals surface area contributed by atoms with E-state index in [0.29, 0.717) is 0 Å². The van der Waals surface area contributed by atoms with Crippen molar-refractivity contribution in [1.82, 2.24) is 4.57 Å². The summed E-state index contributed by atoms with van der Waals surface area (Å²) in [6.07, 6.45) is 3.90. The van der Waals surface area contributed by atoms with Gasteiger partial charge >= 0.3 is 5.95 Å². The number of nitrogens with zero attached hydrogens (tertiary/aromatic N) is 5. The lowest BCUT2D eigenvalue weighted by molar-refractivity contribution is -0.657. The van der Waals surface area contributed by atoms with E-state index in [0.717, 1.165) is 37.8 Å². The molecule has 142 valence electrons. The monoisotopic (exact) mass is 409 g/mol. The van der Waals surface area contributed by atoms with Crippen molar-refractivity contribution in [2.75, 3.05) is 31.1 Å². The van der Waals surface area contributed by atoms with Crippen LogP contribution in [0.5, 0.6) is 0 Å². The maximum Gasteiger partial charge on any atom is 0.421 e. The molecule has 1 aromatic heterocycles. The number of halogens is 3. The Morgan fingerprint density at radius 2 is 1.56 bits per heavy atom. The van der Waals surface area contributed by atoms with Crippen LogP contribution in [0.1, 0.15) is 0 Å². The van der Waals surface area contributed by atoms with Gasteiger partial charge in [-0.1, -0.05) is 5.11 Å². The van der Waals surface area contributed by atoms with E-state index < -0.39 is 0 Å². The Kier molecular flexibility index (Phi) is 13.3. The first-order valence-corrected chi connectivity index (χ1v) is 7.52. The van der Waals surface area contributed by atoms with Gasteiger partial charge in [0.15, 0.2) is 0 Å². The van der Waals surface area contributed by atoms with E-state index in [4.69, 9.17) is 0 Å². The number of hydrogen-bond donors (Lipinski definition) is 2. The molecule has 0 fully saturated rings. The van der Waals surface area contributed by atoms with Gasteiger partial charge in [-0.15, -0.1) is 0 Å². The smallest absolute Gasteiger partial charge is 0.421 e. The minimum Gasteiger partial charge on any atom is -1.00 e. The molecule has 7 nitrogen and oxygen atoms in total. The number of aromatic nitrogens is 2. The van der Waals surface area contributed by atoms with Gasteiger partial charge in [0.1, 0.15) is 5.69 Å². The molecule has 0 amide bonds. The second-order valence-electron chi connectivity index (χ2n) is 5.23. The number of aryl methyl sites for hydroxylation is 2. The van der Waals surface area contributed by atoms with Crippen LogP contribution in [0.3, 0.4) is 0 Å². The minimum absolute atomic E-state index is 0. The molecule has 0 atom stereocenters. The summed E-state index contributed by atoms with van der Waals surface area (Å²) >= 11 is 0. The molecule has 0 saturated carbocycles. The summed E-state index contributed by atoms with van der Waals surface area (Å²) in [5, 5.41) is 8.60. The van der Waals surface area contributed by atoms with Gasteiger partial charge in [0, 0.05) is 10.8 Å². The molecule has 6 N–H and O–H groups in total. The van der Waals surface area contributed by atoms with E-state index in [1.54, 1.807) is 0 Å². The van der Waals surface area contributed by atoms with E-state index in [9.17, 15) is 0 Å². The van der Waals surface area contributed by atoms with Crippen molar-refractivity contribution in [2.45, 2.75) is 0 Å². The molecule has 10 heteroatoms. The quantitative estimate of drug-likeness (QED) is 0.344. The van der Waals surface area contributed by atoms with E-state index in [1.165, 1.54) is 5.69 Å². The first-order chi connectivity index (χ1) is 10.7. The molecule has 0 saturated heterocycles. The molecule has 0 aliphatic rings. The van der Waals surface area contributed by atoms with Gasteiger partial charge in [0.05, 0.1) is 52.7 Å². The normalized spacial score (nSPS) is 9.92. The molecule has 0 aliphatic heterocycles. The zero-order valence-electron chi connectivity index (χ0n) is 14.6. The molecular formula is C15H26Cl3N7. The zero-order valence-corrected chi connectivity index (χ0v) is 16.8. The Labute approximate surface area is 167 Å². The molecule has 0 spiro atoms. The summed E-state index contributed by atoms with van der Waals surface area (Å²) in [5.41, 5.74) is 9.87. The second kappa shape index (κ2) is 12.9. The number of anilines is 1. The van der Waals surface area contributed by atoms with E-state index in [-0.39, 0.29) is 37.2 Å². The van der Waals surface area contributed by atoms with Crippen LogP contribution >= 0.6 is 0 Å². The molecule has 1 aromatic carbocycles. The van der Waals surface area contributed by atoms with Crippen molar-refractivity contribution in [3.63, 3.8) is 0 Å². The van der Waals surface area contributed by atoms with E-state index >= 15 is 0 Å². The van der Waals surface area contributed by atoms with Crippen molar-refractivity contribution in [1.29, 1.82) is 0 Å². The highest BCUT2D eigenvalue weighted by molar-refractivity contribution is 5.52. The van der Waals surface area contributed by atoms with Crippen LogP contribution in [0.4, 0.5) is 17.3 Å². The molecule has 0 aliphatic carbocycles. The van der Waals surface area contributed by atoms with Crippen molar-refractivity contribution in [3.05, 3.63) is 36.7 Å². The average Bonchev–Trinajstić information content (AvgIpc) is 2.84. The van der Waals surface area contributed by atoms with Crippen LogP contribution in [0.15, 0.2) is 46.9 Å². The fourth-order valence-electron chi connectivity index (χ4n) is 2.31. The van der Waals surface area contributed by atoms with Crippen LogP contribution in [-0.4, -0.2) is 30.7 Å². The van der Waals surface area contributed by atoms with Crippen molar-refractivity contribution < 1.29 is 53.3 Å². The van der Waals surface area contributed by atoms with Gasteiger partial charge in [-0.2, -0.15) is 0 Å². The van der Waals surface area contributed by atoms with Crippen LogP contribution in [0.2, 0.25) is 0 Å². The predicted octanol–water partition coefficient (Wildman–Crippen LogP) is -9.43. The maximum absolute atomic E-state index is 4.30. The molecule has 0 bridgehead atoms. The van der Waals surface area contributed by atoms with Crippen LogP contribution in [0, 0.1) is 0 Å². The third kappa shape index (κ3) is 7.17. The topological polar surface area (TPSA) is 92.0 Å². The highest BCUT2D eigenvalue weighted by Gasteiger charge is 2.10. The Morgan fingerprint density at radius 3 is 2.00 bits per heavy atom. The summed E-state index contributed by atoms with van der Waals surface area (Å²) in [4.78, 5) is 2.29. The summed E-state index contributed by atoms with van der Waals surface area (Å²) in [7, 11) is 3.90. The third-order valence-electron chi connectivity index (χ3n) is 3.47. The Balaban J connectivity index is 0. The summed E-state index contributed by atoms with van der Waals surface area (Å²) in [5.74, 6) is 0.805. The van der Waals surface area contributed by atoms with Gasteiger partial charge in [-0.3, -0.25) is 0 Å². The SMILES string of the molecule is Cn1cc[n+](C)c1N=Nc1ccc(N(CC[NH3+])CC[NH3+])cc1.[Cl-].[Cl-].[Cl-]. The van der Waals surface area contributed by atoms with E-state index in [2.05, 4.69) is 38.7 Å². The van der Waals surface area contributed by atoms with Crippen molar-refractivity contribution >= 4 is 17.3 Å². The fraction of sp³-hybridized carbons (Fsp3) is 0.400. The number of imidazole rings is 1. The van der Waals surface area contributed by atoms with Crippen molar-refractivity contribution in [2.24, 2.45) is 24.3 Å². The minimum atomic E-state index is 0. The molecule has 25 heavy (non-hydrogen) atoms. The van der Waals surface area contributed by atoms with Crippen LogP contribution < -0.4 is 58.2 Å². The summed E-state index contributed by atoms with van der Waals surface area (Å²) in [6.45, 7) is 3.64. The zero-order chi connectivity index (χ0) is 15.9. The number of hydrogen-bond acceptors (Lipinski definition) is 3. The molecule has 0 radical (unpaired) electrons. The Morgan fingerprint density at radius 1 is 1.00 bits per heavy atom. The molecule has 1 heterocycles. The lowest BCUT2D eigenvalue weighted by Crippen LogP contribution is -3.00. The second-order valence-corrected chi connectivity index (χ2v) is 5.23. The standard InChI is InChI=1S/C15H24N7.3ClH/c1-20-11-12-21(2)15(20)19-18-13-3-5-14(6-4-13)22(9-7-16)10-8-17;;;/h3-6,11-12H,7-10,16-17H2,1-2H3;3*1H/q+1;;;/p-1. The van der Waals surface area contributed by atoms with Crippen molar-refractivity contribution in [3.8, 4) is 0 Å². The van der Waals surface area contributed by atoms with Gasteiger partial charge in [0.2, 0.25) is 0 Å². The lowest BCUT2D eigenvalue weighted by atomic mass is 10.2. The lowest BCUT2D eigenvalue weighted by Gasteiger charge is -2.21. The largest absolute Gasteiger partial charge is 1.00 e. The van der Waals surface area contributed by atoms with Gasteiger partial charge in [-0.25, -0.2) is 9.13 Å². The predicted molar refractivity (Wildman–Crippen MR) is 84.9 cm³/mol. The highest BCUT2D eigenvalue weighted by Crippen LogP contribution is 2.21. The molecule has 0 unspecified atom stereocenters. The molecule has 2 aromatic rings. The molecular weight excluding hydrogens is 385 g/mol. The first-order valence-electron chi connectivity index (χ1n) is 7.52. The highest BCUT2D eigenvalue weighted by atomic mass is 35.5. The number of azo groups is 1. The number of rotatable bonds is 7. The Hall–Kier alpha value is -1.38. The van der Waals surface area contributed by atoms with E-state index in [1.807, 2.05) is 47.8 Å². The fourth-order valence-corrected chi connectivity index (χ4v) is 2.31. The number of quaternary nitrogens is 2. The van der Waals surface area contributed by atoms with Crippen LogP contribution in [0.25, 0.3) is 0 Å². The number of benzene rings is 1. The summed E-state index contributed by atoms with van der Waals surface area (Å²) in [6, 6.07) is 8.12. The summed E-state index contributed by atoms with van der Waals surface area (Å²) < 4.78 is 3.87. The first kappa shape index (κ1) is 25.9. The average molecular weight is 411 g/mol.